The predicted octanol–water partition coefficient (Wildman–Crippen LogP) is -2.53. The first-order chi connectivity index (χ1) is 10.1. The molecule has 0 aliphatic rings. The normalized spacial score (nSPS) is 8.78. The van der Waals surface area contributed by atoms with Crippen LogP contribution < -0.4 is 30.4 Å². The zero-order valence-electron chi connectivity index (χ0n) is 12.5. The van der Waals surface area contributed by atoms with Crippen molar-refractivity contribution >= 4 is 11.6 Å². The Morgan fingerprint density at radius 2 is 1.00 bits per heavy atom. The molecule has 120 valence electrons. The monoisotopic (exact) mass is 430 g/mol. The first-order valence-electron chi connectivity index (χ1n) is 6.37. The molecule has 0 aromatic heterocycles. The molecule has 0 heterocycles. The minimum atomic E-state index is -1.50. The van der Waals surface area contributed by atoms with Gasteiger partial charge in [-0.1, -0.05) is 0 Å². The fourth-order valence-corrected chi connectivity index (χ4v) is 2.88. The van der Waals surface area contributed by atoms with E-state index in [0.29, 0.717) is 22.6 Å². The predicted molar refractivity (Wildman–Crippen MR) is 74.1 cm³/mol. The summed E-state index contributed by atoms with van der Waals surface area (Å²) in [6.07, 6.45) is 0. The number of carbonyl (C=O) groups is 2. The van der Waals surface area contributed by atoms with Gasteiger partial charge in [-0.25, -0.2) is 0 Å². The standard InChI is InChI=1S/2C8H8O2.2ClH.Zr/c2*1-6(9)7-2-4-8(10)5-3-7;;;/h2*2-5,10H,1H3;2*1H;/q;;;;+4/p-4. The Balaban J connectivity index is 0.00000242. The van der Waals surface area contributed by atoms with Crippen LogP contribution in [-0.2, 0) is 24.1 Å². The molecule has 0 saturated carbocycles. The Bertz CT molecular complexity index is 585. The van der Waals surface area contributed by atoms with Gasteiger partial charge < -0.3 is 24.8 Å². The van der Waals surface area contributed by atoms with E-state index in [9.17, 15) is 9.59 Å². The van der Waals surface area contributed by atoms with Crippen molar-refractivity contribution in [1.82, 2.24) is 0 Å². The summed E-state index contributed by atoms with van der Waals surface area (Å²) < 4.78 is 11.2. The van der Waals surface area contributed by atoms with E-state index in [0.717, 1.165) is 0 Å². The van der Waals surface area contributed by atoms with E-state index in [2.05, 4.69) is 0 Å². The van der Waals surface area contributed by atoms with Gasteiger partial charge in [-0.15, -0.1) is 0 Å². The first kappa shape index (κ1) is 21.8. The van der Waals surface area contributed by atoms with E-state index in [1.165, 1.54) is 13.8 Å². The van der Waals surface area contributed by atoms with E-state index in [1.54, 1.807) is 48.5 Å². The molecule has 0 amide bonds. The second-order valence-electron chi connectivity index (χ2n) is 4.45. The molecule has 0 atom stereocenters. The molecule has 0 aliphatic heterocycles. The van der Waals surface area contributed by atoms with Crippen molar-refractivity contribution in [2.75, 3.05) is 0 Å². The van der Waals surface area contributed by atoms with E-state index >= 15 is 0 Å². The molecule has 2 rings (SSSR count). The number of halogens is 2. The van der Waals surface area contributed by atoms with Gasteiger partial charge in [0.15, 0.2) is 0 Å². The van der Waals surface area contributed by atoms with Crippen LogP contribution in [0, 0.1) is 0 Å². The van der Waals surface area contributed by atoms with Gasteiger partial charge in [0.25, 0.3) is 0 Å². The van der Waals surface area contributed by atoms with Crippen molar-refractivity contribution in [3.63, 3.8) is 0 Å². The van der Waals surface area contributed by atoms with Crippen LogP contribution in [0.3, 0.4) is 0 Å². The molecule has 4 nitrogen and oxygen atoms in total. The summed E-state index contributed by atoms with van der Waals surface area (Å²) in [5.74, 6) is 1.46. The number of benzene rings is 2. The molecule has 0 aliphatic carbocycles. The fraction of sp³-hybridized carbons (Fsp3) is 0.125. The van der Waals surface area contributed by atoms with Crippen LogP contribution in [0.1, 0.15) is 34.6 Å². The topological polar surface area (TPSA) is 52.6 Å². The van der Waals surface area contributed by atoms with Crippen LogP contribution in [0.5, 0.6) is 11.5 Å². The molecule has 0 fully saturated rings. The van der Waals surface area contributed by atoms with Crippen molar-refractivity contribution in [3.8, 4) is 11.5 Å². The number of Topliss-reactive ketones (excluding diaryl/α,β-unsaturated/α-hetero) is 2. The molecule has 2 aromatic carbocycles. The van der Waals surface area contributed by atoms with Crippen LogP contribution in [0.25, 0.3) is 0 Å². The SMILES string of the molecule is CC(=O)c1ccc([O][Zr+2][O]c2ccc(C(C)=O)cc2)cc1.[Cl-].[Cl-]. The molecule has 7 heteroatoms. The van der Waals surface area contributed by atoms with Crippen molar-refractivity contribution in [2.45, 2.75) is 13.8 Å². The molecular weight excluding hydrogens is 418 g/mol. The third-order valence-corrected chi connectivity index (χ3v) is 4.41. The third kappa shape index (κ3) is 6.86. The average molecular weight is 432 g/mol. The maximum Gasteiger partial charge on any atom is -1.00 e. The van der Waals surface area contributed by atoms with Gasteiger partial charge in [0.2, 0.25) is 0 Å². The summed E-state index contributed by atoms with van der Waals surface area (Å²) in [7, 11) is 0. The van der Waals surface area contributed by atoms with Gasteiger partial charge in [-0.05, 0) is 0 Å². The summed E-state index contributed by atoms with van der Waals surface area (Å²) in [4.78, 5) is 22.3. The second kappa shape index (κ2) is 10.6. The van der Waals surface area contributed by atoms with Crippen LogP contribution in [0.2, 0.25) is 0 Å². The van der Waals surface area contributed by atoms with Gasteiger partial charge in [0.1, 0.15) is 0 Å². The average Bonchev–Trinajstić information content (AvgIpc) is 2.48. The summed E-state index contributed by atoms with van der Waals surface area (Å²) in [5, 5.41) is 0. The minimum Gasteiger partial charge on any atom is -1.00 e. The molecule has 2 aromatic rings. The summed E-state index contributed by atoms with van der Waals surface area (Å²) in [5.41, 5.74) is 1.32. The van der Waals surface area contributed by atoms with Crippen molar-refractivity contribution in [1.29, 1.82) is 0 Å². The molecule has 0 spiro atoms. The van der Waals surface area contributed by atoms with E-state index < -0.39 is 24.1 Å². The van der Waals surface area contributed by atoms with Crippen molar-refractivity contribution in [3.05, 3.63) is 59.7 Å². The Morgan fingerprint density at radius 1 is 0.696 bits per heavy atom. The van der Waals surface area contributed by atoms with E-state index in [-0.39, 0.29) is 36.4 Å². The van der Waals surface area contributed by atoms with Crippen LogP contribution >= 0.6 is 0 Å². The summed E-state index contributed by atoms with van der Waals surface area (Å²) >= 11 is -1.50. The number of ketones is 2. The maximum absolute atomic E-state index is 11.2. The quantitative estimate of drug-likeness (QED) is 0.473. The van der Waals surface area contributed by atoms with Crippen LogP contribution in [-0.4, -0.2) is 11.6 Å². The number of rotatable bonds is 6. The maximum atomic E-state index is 11.2. The smallest absolute Gasteiger partial charge is 1.00 e. The summed E-state index contributed by atoms with van der Waals surface area (Å²) in [6.45, 7) is 3.06. The van der Waals surface area contributed by atoms with E-state index in [4.69, 9.17) is 5.63 Å². The van der Waals surface area contributed by atoms with Crippen molar-refractivity contribution < 1.29 is 64.1 Å². The summed E-state index contributed by atoms with van der Waals surface area (Å²) in [6, 6.07) is 14.0. The number of hydrogen-bond donors (Lipinski definition) is 0. The fourth-order valence-electron chi connectivity index (χ4n) is 1.63. The van der Waals surface area contributed by atoms with E-state index in [1.807, 2.05) is 0 Å². The zero-order chi connectivity index (χ0) is 15.2. The molecule has 0 unspecified atom stereocenters. The van der Waals surface area contributed by atoms with Crippen LogP contribution in [0.15, 0.2) is 48.5 Å². The van der Waals surface area contributed by atoms with Gasteiger partial charge in [-0.3, -0.25) is 0 Å². The molecular formula is C16H14Cl2O4Zr. The van der Waals surface area contributed by atoms with Crippen molar-refractivity contribution in [2.24, 2.45) is 0 Å². The van der Waals surface area contributed by atoms with Crippen LogP contribution in [0.4, 0.5) is 0 Å². The molecule has 0 N–H and O–H groups in total. The van der Waals surface area contributed by atoms with Gasteiger partial charge in [0.05, 0.1) is 0 Å². The molecule has 0 bridgehead atoms. The number of carbonyl (C=O) groups excluding carboxylic acids is 2. The molecule has 0 saturated heterocycles. The van der Waals surface area contributed by atoms with Gasteiger partial charge >= 0.3 is 136 Å². The Kier molecular flexibility index (Phi) is 10.1. The third-order valence-electron chi connectivity index (χ3n) is 2.84. The Hall–Kier alpha value is -1.16. The van der Waals surface area contributed by atoms with Gasteiger partial charge in [-0.2, -0.15) is 0 Å². The molecule has 0 radical (unpaired) electrons. The Morgan fingerprint density at radius 3 is 1.26 bits per heavy atom. The largest absolute Gasteiger partial charge is 1.00 e. The molecule has 23 heavy (non-hydrogen) atoms. The first-order valence-corrected chi connectivity index (χ1v) is 8.37. The number of hydrogen-bond acceptors (Lipinski definition) is 4. The minimum absolute atomic E-state index is 0. The Labute approximate surface area is 160 Å². The van der Waals surface area contributed by atoms with Gasteiger partial charge in [0, 0.05) is 0 Å². The zero-order valence-corrected chi connectivity index (χ0v) is 16.5. The second-order valence-corrected chi connectivity index (χ2v) is 5.86.